The first kappa shape index (κ1) is 22.3. The predicted molar refractivity (Wildman–Crippen MR) is 124 cm³/mol. The normalized spacial score (nSPS) is 15.4. The van der Waals surface area contributed by atoms with Gasteiger partial charge in [-0.15, -0.1) is 11.3 Å². The number of benzene rings is 1. The van der Waals surface area contributed by atoms with Crippen LogP contribution in [0.5, 0.6) is 0 Å². The Hall–Kier alpha value is -2.34. The van der Waals surface area contributed by atoms with Crippen LogP contribution in [0.1, 0.15) is 66.4 Å². The Morgan fingerprint density at radius 3 is 2.67 bits per heavy atom. The molecule has 0 aliphatic heterocycles. The summed E-state index contributed by atoms with van der Waals surface area (Å²) in [4.78, 5) is 26.3. The molecule has 3 rings (SSSR count). The van der Waals surface area contributed by atoms with Crippen molar-refractivity contribution in [1.82, 2.24) is 0 Å². The highest BCUT2D eigenvalue weighted by atomic mass is 32.1. The number of nitrogens with one attached hydrogen (secondary N) is 2. The van der Waals surface area contributed by atoms with E-state index < -0.39 is 0 Å². The number of ether oxygens (including phenoxy) is 1. The van der Waals surface area contributed by atoms with Gasteiger partial charge in [-0.25, -0.2) is 4.79 Å². The highest BCUT2D eigenvalue weighted by Crippen LogP contribution is 2.40. The number of fused-ring (bicyclic) bond motifs is 1. The van der Waals surface area contributed by atoms with E-state index in [0.717, 1.165) is 36.9 Å². The summed E-state index contributed by atoms with van der Waals surface area (Å²) in [6.07, 6.45) is 6.31. The number of hydrogen-bond acceptors (Lipinski definition) is 5. The number of thiophene rings is 1. The summed E-state index contributed by atoms with van der Waals surface area (Å²) >= 11 is 1.52. The van der Waals surface area contributed by atoms with E-state index in [1.54, 1.807) is 6.92 Å². The molecule has 2 N–H and O–H groups in total. The van der Waals surface area contributed by atoms with Crippen LogP contribution in [-0.4, -0.2) is 25.0 Å². The number of carbonyl (C=O) groups excluding carboxylic acids is 2. The van der Waals surface area contributed by atoms with Crippen LogP contribution in [0.2, 0.25) is 0 Å². The van der Waals surface area contributed by atoms with Crippen molar-refractivity contribution in [2.24, 2.45) is 5.92 Å². The van der Waals surface area contributed by atoms with Crippen molar-refractivity contribution in [3.63, 3.8) is 0 Å². The van der Waals surface area contributed by atoms with Crippen LogP contribution in [0.4, 0.5) is 10.7 Å². The molecule has 2 aromatic rings. The molecule has 0 unspecified atom stereocenters. The SMILES string of the molecule is CCCCc1ccc(NCC(=O)Nc2sc3c(c2C(=O)OCC)CC[C@H](C)C3)cc1. The largest absolute Gasteiger partial charge is 0.462 e. The summed E-state index contributed by atoms with van der Waals surface area (Å²) in [7, 11) is 0. The summed E-state index contributed by atoms with van der Waals surface area (Å²) in [5.74, 6) is 0.0921. The summed E-state index contributed by atoms with van der Waals surface area (Å²) < 4.78 is 5.27. The van der Waals surface area contributed by atoms with E-state index in [1.165, 1.54) is 34.6 Å². The number of hydrogen-bond donors (Lipinski definition) is 2. The van der Waals surface area contributed by atoms with Crippen molar-refractivity contribution in [2.75, 3.05) is 23.8 Å². The Morgan fingerprint density at radius 1 is 1.20 bits per heavy atom. The van der Waals surface area contributed by atoms with Gasteiger partial charge in [0.2, 0.25) is 5.91 Å². The molecule has 0 fully saturated rings. The second-order valence-corrected chi connectivity index (χ2v) is 9.08. The molecule has 1 amide bonds. The van der Waals surface area contributed by atoms with Gasteiger partial charge in [-0.2, -0.15) is 0 Å². The molecular formula is C24H32N2O3S. The van der Waals surface area contributed by atoms with Crippen LogP contribution in [0, 0.1) is 5.92 Å². The molecule has 1 heterocycles. The Kier molecular flexibility index (Phi) is 7.91. The van der Waals surface area contributed by atoms with Crippen molar-refractivity contribution < 1.29 is 14.3 Å². The van der Waals surface area contributed by atoms with Crippen molar-refractivity contribution >= 4 is 33.9 Å². The van der Waals surface area contributed by atoms with E-state index in [1.807, 2.05) is 12.1 Å². The van der Waals surface area contributed by atoms with Crippen LogP contribution >= 0.6 is 11.3 Å². The molecule has 162 valence electrons. The second kappa shape index (κ2) is 10.6. The Bertz CT molecular complexity index is 873. The zero-order valence-electron chi connectivity index (χ0n) is 18.2. The predicted octanol–water partition coefficient (Wildman–Crippen LogP) is 5.44. The van der Waals surface area contributed by atoms with Gasteiger partial charge in [0.1, 0.15) is 5.00 Å². The minimum atomic E-state index is -0.338. The van der Waals surface area contributed by atoms with Crippen molar-refractivity contribution in [3.05, 3.63) is 45.8 Å². The number of esters is 1. The standard InChI is InChI=1S/C24H32N2O3S/c1-4-6-7-17-9-11-18(12-10-17)25-15-21(27)26-23-22(24(28)29-5-2)19-13-8-16(3)14-20(19)30-23/h9-12,16,25H,4-8,13-15H2,1-3H3,(H,26,27)/t16-/m0/s1. The zero-order chi connectivity index (χ0) is 21.5. The van der Waals surface area contributed by atoms with Gasteiger partial charge in [-0.1, -0.05) is 32.4 Å². The Morgan fingerprint density at radius 2 is 1.97 bits per heavy atom. The number of aryl methyl sites for hydroxylation is 1. The van der Waals surface area contributed by atoms with Crippen molar-refractivity contribution in [2.45, 2.75) is 59.3 Å². The van der Waals surface area contributed by atoms with E-state index in [0.29, 0.717) is 23.1 Å². The lowest BCUT2D eigenvalue weighted by Crippen LogP contribution is -2.22. The summed E-state index contributed by atoms with van der Waals surface area (Å²) in [5, 5.41) is 6.73. The zero-order valence-corrected chi connectivity index (χ0v) is 19.0. The highest BCUT2D eigenvalue weighted by Gasteiger charge is 2.29. The average Bonchev–Trinajstić information content (AvgIpc) is 3.08. The molecule has 30 heavy (non-hydrogen) atoms. The van der Waals surface area contributed by atoms with E-state index in [-0.39, 0.29) is 18.4 Å². The number of anilines is 2. The molecule has 1 aromatic heterocycles. The fourth-order valence-corrected chi connectivity index (χ4v) is 5.20. The second-order valence-electron chi connectivity index (χ2n) is 7.98. The molecule has 1 atom stereocenters. The summed E-state index contributed by atoms with van der Waals surface area (Å²) in [5.41, 5.74) is 3.83. The van der Waals surface area contributed by atoms with Crippen LogP contribution in [0.15, 0.2) is 24.3 Å². The van der Waals surface area contributed by atoms with E-state index in [4.69, 9.17) is 4.74 Å². The van der Waals surface area contributed by atoms with Crippen molar-refractivity contribution in [1.29, 1.82) is 0 Å². The molecule has 0 spiro atoms. The number of unbranched alkanes of at least 4 members (excludes halogenated alkanes) is 1. The van der Waals surface area contributed by atoms with Gasteiger partial charge in [0.15, 0.2) is 0 Å². The van der Waals surface area contributed by atoms with Gasteiger partial charge in [0, 0.05) is 10.6 Å². The van der Waals surface area contributed by atoms with Crippen molar-refractivity contribution in [3.8, 4) is 0 Å². The first-order valence-electron chi connectivity index (χ1n) is 11.0. The Balaban J connectivity index is 1.65. The first-order chi connectivity index (χ1) is 14.5. The lowest BCUT2D eigenvalue weighted by atomic mass is 9.88. The van der Waals surface area contributed by atoms with E-state index in [2.05, 4.69) is 36.6 Å². The molecule has 0 bridgehead atoms. The van der Waals surface area contributed by atoms with Gasteiger partial charge >= 0.3 is 5.97 Å². The fourth-order valence-electron chi connectivity index (χ4n) is 3.78. The Labute approximate surface area is 183 Å². The molecule has 0 saturated carbocycles. The summed E-state index contributed by atoms with van der Waals surface area (Å²) in [6.45, 7) is 6.68. The topological polar surface area (TPSA) is 67.4 Å². The van der Waals surface area contributed by atoms with E-state index in [9.17, 15) is 9.59 Å². The maximum atomic E-state index is 12.6. The lowest BCUT2D eigenvalue weighted by molar-refractivity contribution is -0.114. The maximum absolute atomic E-state index is 12.6. The first-order valence-corrected chi connectivity index (χ1v) is 11.8. The smallest absolute Gasteiger partial charge is 0.341 e. The molecule has 0 saturated heterocycles. The average molecular weight is 429 g/mol. The van der Waals surface area contributed by atoms with Gasteiger partial charge < -0.3 is 15.4 Å². The third kappa shape index (κ3) is 5.63. The third-order valence-corrected chi connectivity index (χ3v) is 6.64. The van der Waals surface area contributed by atoms with Crippen LogP contribution < -0.4 is 10.6 Å². The van der Waals surface area contributed by atoms with Gasteiger partial charge in [-0.05, 0) is 68.2 Å². The number of rotatable bonds is 9. The number of carbonyl (C=O) groups is 2. The van der Waals surface area contributed by atoms with Gasteiger partial charge in [-0.3, -0.25) is 4.79 Å². The van der Waals surface area contributed by atoms with Gasteiger partial charge in [0.25, 0.3) is 0 Å². The fraction of sp³-hybridized carbons (Fsp3) is 0.500. The monoisotopic (exact) mass is 428 g/mol. The molecule has 6 heteroatoms. The minimum Gasteiger partial charge on any atom is -0.462 e. The summed E-state index contributed by atoms with van der Waals surface area (Å²) in [6, 6.07) is 8.22. The van der Waals surface area contributed by atoms with Crippen LogP contribution in [0.25, 0.3) is 0 Å². The van der Waals surface area contributed by atoms with Gasteiger partial charge in [0.05, 0.1) is 18.7 Å². The number of amides is 1. The third-order valence-electron chi connectivity index (χ3n) is 5.47. The minimum absolute atomic E-state index is 0.148. The molecular weight excluding hydrogens is 396 g/mol. The molecule has 5 nitrogen and oxygen atoms in total. The van der Waals surface area contributed by atoms with E-state index >= 15 is 0 Å². The molecule has 1 aromatic carbocycles. The lowest BCUT2D eigenvalue weighted by Gasteiger charge is -2.18. The molecule has 1 aliphatic rings. The van der Waals surface area contributed by atoms with Crippen LogP contribution in [0.3, 0.4) is 0 Å². The quantitative estimate of drug-likeness (QED) is 0.522. The molecule has 1 aliphatic carbocycles. The maximum Gasteiger partial charge on any atom is 0.341 e. The molecule has 0 radical (unpaired) electrons. The highest BCUT2D eigenvalue weighted by molar-refractivity contribution is 7.17. The van der Waals surface area contributed by atoms with Crippen LogP contribution in [-0.2, 0) is 28.8 Å².